The van der Waals surface area contributed by atoms with Crippen molar-refractivity contribution in [3.05, 3.63) is 18.0 Å². The number of aromatic nitrogens is 1. The Bertz CT molecular complexity index is 521. The molecule has 1 amide bonds. The number of nitrogens with zero attached hydrogens (tertiary/aromatic N) is 1. The molecule has 0 unspecified atom stereocenters. The summed E-state index contributed by atoms with van der Waals surface area (Å²) in [4.78, 5) is 11.8. The van der Waals surface area contributed by atoms with Crippen molar-refractivity contribution in [2.75, 3.05) is 25.1 Å². The standard InChI is InChI=1S/C10H18N4O3S/c1-3-14-7-8(11)6-9(14)10(15)13-4-5-18(16,17)12-2/h6-7,12H,3-5,11H2,1-2H3,(H,13,15). The molecule has 0 saturated carbocycles. The molecule has 18 heavy (non-hydrogen) atoms. The molecule has 0 aliphatic heterocycles. The van der Waals surface area contributed by atoms with Gasteiger partial charge in [-0.1, -0.05) is 0 Å². The van der Waals surface area contributed by atoms with Crippen LogP contribution in [0.1, 0.15) is 17.4 Å². The van der Waals surface area contributed by atoms with Gasteiger partial charge in [0.05, 0.1) is 11.4 Å². The van der Waals surface area contributed by atoms with Gasteiger partial charge in [-0.2, -0.15) is 0 Å². The molecule has 102 valence electrons. The fraction of sp³-hybridized carbons (Fsp3) is 0.500. The molecule has 1 aromatic heterocycles. The first kappa shape index (κ1) is 14.5. The molecule has 7 nitrogen and oxygen atoms in total. The minimum Gasteiger partial charge on any atom is -0.397 e. The Morgan fingerprint density at radius 2 is 2.17 bits per heavy atom. The summed E-state index contributed by atoms with van der Waals surface area (Å²) in [5.74, 6) is -0.489. The second-order valence-corrected chi connectivity index (χ2v) is 5.77. The molecule has 0 spiro atoms. The van der Waals surface area contributed by atoms with Gasteiger partial charge in [0, 0.05) is 19.3 Å². The van der Waals surface area contributed by atoms with Crippen LogP contribution in [0.25, 0.3) is 0 Å². The summed E-state index contributed by atoms with van der Waals surface area (Å²) >= 11 is 0. The first-order valence-corrected chi connectivity index (χ1v) is 7.20. The lowest BCUT2D eigenvalue weighted by Gasteiger charge is -2.07. The molecule has 8 heteroatoms. The summed E-state index contributed by atoms with van der Waals surface area (Å²) in [5, 5.41) is 2.54. The number of rotatable bonds is 6. The second-order valence-electron chi connectivity index (χ2n) is 3.72. The number of sulfonamides is 1. The van der Waals surface area contributed by atoms with E-state index in [9.17, 15) is 13.2 Å². The first-order valence-electron chi connectivity index (χ1n) is 5.54. The van der Waals surface area contributed by atoms with Crippen molar-refractivity contribution < 1.29 is 13.2 Å². The predicted molar refractivity (Wildman–Crippen MR) is 69.7 cm³/mol. The number of hydrogen-bond acceptors (Lipinski definition) is 4. The van der Waals surface area contributed by atoms with Gasteiger partial charge in [0.1, 0.15) is 5.69 Å². The average Bonchev–Trinajstić information content (AvgIpc) is 2.70. The molecular weight excluding hydrogens is 256 g/mol. The van der Waals surface area contributed by atoms with Gasteiger partial charge < -0.3 is 15.6 Å². The molecular formula is C10H18N4O3S. The molecule has 0 saturated heterocycles. The minimum absolute atomic E-state index is 0.0524. The van der Waals surface area contributed by atoms with E-state index in [1.165, 1.54) is 7.05 Å². The lowest BCUT2D eigenvalue weighted by molar-refractivity contribution is 0.0947. The Hall–Kier alpha value is -1.54. The number of aryl methyl sites for hydroxylation is 1. The van der Waals surface area contributed by atoms with Crippen LogP contribution in [0.2, 0.25) is 0 Å². The summed E-state index contributed by atoms with van der Waals surface area (Å²) in [6.45, 7) is 2.56. The highest BCUT2D eigenvalue weighted by molar-refractivity contribution is 7.89. The summed E-state index contributed by atoms with van der Waals surface area (Å²) in [6.07, 6.45) is 1.67. The van der Waals surface area contributed by atoms with Crippen LogP contribution in [-0.2, 0) is 16.6 Å². The zero-order chi connectivity index (χ0) is 13.8. The average molecular weight is 274 g/mol. The van der Waals surface area contributed by atoms with Crippen molar-refractivity contribution in [2.24, 2.45) is 0 Å². The van der Waals surface area contributed by atoms with Gasteiger partial charge in [-0.15, -0.1) is 0 Å². The maximum absolute atomic E-state index is 11.8. The fourth-order valence-corrected chi connectivity index (χ4v) is 2.05. The summed E-state index contributed by atoms with van der Waals surface area (Å²) in [5.41, 5.74) is 6.54. The van der Waals surface area contributed by atoms with Crippen molar-refractivity contribution in [2.45, 2.75) is 13.5 Å². The van der Waals surface area contributed by atoms with E-state index in [1.54, 1.807) is 16.8 Å². The number of carbonyl (C=O) groups excluding carboxylic acids is 1. The number of anilines is 1. The van der Waals surface area contributed by atoms with E-state index in [1.807, 2.05) is 6.92 Å². The van der Waals surface area contributed by atoms with Crippen molar-refractivity contribution in [1.29, 1.82) is 0 Å². The highest BCUT2D eigenvalue weighted by Crippen LogP contribution is 2.10. The number of carbonyl (C=O) groups is 1. The number of nitrogen functional groups attached to an aromatic ring is 1. The lowest BCUT2D eigenvalue weighted by atomic mass is 10.4. The van der Waals surface area contributed by atoms with Crippen LogP contribution in [0.15, 0.2) is 12.3 Å². The first-order chi connectivity index (χ1) is 8.39. The topological polar surface area (TPSA) is 106 Å². The Labute approximate surface area is 106 Å². The molecule has 0 radical (unpaired) electrons. The molecule has 0 atom stereocenters. The van der Waals surface area contributed by atoms with Crippen molar-refractivity contribution >= 4 is 21.6 Å². The number of hydrogen-bond donors (Lipinski definition) is 3. The third kappa shape index (κ3) is 3.74. The van der Waals surface area contributed by atoms with E-state index in [0.29, 0.717) is 17.9 Å². The maximum Gasteiger partial charge on any atom is 0.268 e. The van der Waals surface area contributed by atoms with Crippen LogP contribution in [-0.4, -0.2) is 38.2 Å². The quantitative estimate of drug-likeness (QED) is 0.642. The van der Waals surface area contributed by atoms with Crippen LogP contribution in [0, 0.1) is 0 Å². The molecule has 4 N–H and O–H groups in total. The van der Waals surface area contributed by atoms with Gasteiger partial charge in [0.15, 0.2) is 0 Å². The van der Waals surface area contributed by atoms with Crippen molar-refractivity contribution in [3.63, 3.8) is 0 Å². The van der Waals surface area contributed by atoms with E-state index in [0.717, 1.165) is 0 Å². The SMILES string of the molecule is CCn1cc(N)cc1C(=O)NCCS(=O)(=O)NC. The van der Waals surface area contributed by atoms with Crippen LogP contribution in [0.4, 0.5) is 5.69 Å². The highest BCUT2D eigenvalue weighted by Gasteiger charge is 2.13. The van der Waals surface area contributed by atoms with Crippen molar-refractivity contribution in [1.82, 2.24) is 14.6 Å². The third-order valence-corrected chi connectivity index (χ3v) is 3.82. The Kier molecular flexibility index (Phi) is 4.74. The monoisotopic (exact) mass is 274 g/mol. The van der Waals surface area contributed by atoms with Gasteiger partial charge in [-0.3, -0.25) is 4.79 Å². The van der Waals surface area contributed by atoms with Crippen LogP contribution < -0.4 is 15.8 Å². The van der Waals surface area contributed by atoms with Crippen LogP contribution >= 0.6 is 0 Å². The molecule has 0 aromatic carbocycles. The normalized spacial score (nSPS) is 11.4. The summed E-state index contributed by atoms with van der Waals surface area (Å²) in [7, 11) is -1.97. The van der Waals surface area contributed by atoms with Gasteiger partial charge in [0.25, 0.3) is 5.91 Å². The van der Waals surface area contributed by atoms with Crippen LogP contribution in [0.5, 0.6) is 0 Å². The van der Waals surface area contributed by atoms with E-state index in [4.69, 9.17) is 5.73 Å². The smallest absolute Gasteiger partial charge is 0.268 e. The molecule has 0 fully saturated rings. The summed E-state index contributed by atoms with van der Waals surface area (Å²) < 4.78 is 26.2. The zero-order valence-corrected chi connectivity index (χ0v) is 11.3. The third-order valence-electron chi connectivity index (χ3n) is 2.46. The molecule has 1 rings (SSSR count). The van der Waals surface area contributed by atoms with E-state index in [-0.39, 0.29) is 18.2 Å². The Balaban J connectivity index is 2.61. The van der Waals surface area contributed by atoms with Gasteiger partial charge in [-0.05, 0) is 20.0 Å². The molecule has 1 aromatic rings. The van der Waals surface area contributed by atoms with E-state index >= 15 is 0 Å². The van der Waals surface area contributed by atoms with E-state index < -0.39 is 10.0 Å². The van der Waals surface area contributed by atoms with Crippen molar-refractivity contribution in [3.8, 4) is 0 Å². The number of nitrogens with two attached hydrogens (primary N) is 1. The zero-order valence-electron chi connectivity index (χ0n) is 10.4. The van der Waals surface area contributed by atoms with Gasteiger partial charge in [-0.25, -0.2) is 13.1 Å². The highest BCUT2D eigenvalue weighted by atomic mass is 32.2. The molecule has 0 bridgehead atoms. The molecule has 0 aliphatic rings. The largest absolute Gasteiger partial charge is 0.397 e. The predicted octanol–water partition coefficient (Wildman–Crippen LogP) is -0.631. The van der Waals surface area contributed by atoms with Gasteiger partial charge in [0.2, 0.25) is 10.0 Å². The Morgan fingerprint density at radius 1 is 1.50 bits per heavy atom. The van der Waals surface area contributed by atoms with E-state index in [2.05, 4.69) is 10.0 Å². The van der Waals surface area contributed by atoms with Crippen LogP contribution in [0.3, 0.4) is 0 Å². The molecule has 0 aliphatic carbocycles. The number of amides is 1. The summed E-state index contributed by atoms with van der Waals surface area (Å²) in [6, 6.07) is 1.56. The van der Waals surface area contributed by atoms with Gasteiger partial charge >= 0.3 is 0 Å². The molecule has 1 heterocycles. The fourth-order valence-electron chi connectivity index (χ4n) is 1.48. The Morgan fingerprint density at radius 3 is 2.72 bits per heavy atom. The number of nitrogens with one attached hydrogen (secondary N) is 2. The second kappa shape index (κ2) is 5.87. The lowest BCUT2D eigenvalue weighted by Crippen LogP contribution is -2.33. The minimum atomic E-state index is -3.30. The maximum atomic E-state index is 11.8.